The Kier molecular flexibility index (Phi) is 8.31. The quantitative estimate of drug-likeness (QED) is 0.409. The van der Waals surface area contributed by atoms with Gasteiger partial charge in [0.1, 0.15) is 0 Å². The molecule has 0 aromatic carbocycles. The van der Waals surface area contributed by atoms with Gasteiger partial charge in [-0.3, -0.25) is 4.99 Å². The minimum atomic E-state index is -4.12. The van der Waals surface area contributed by atoms with Gasteiger partial charge in [0.25, 0.3) is 0 Å². The van der Waals surface area contributed by atoms with Crippen molar-refractivity contribution >= 4 is 29.9 Å². The maximum atomic E-state index is 12.8. The Morgan fingerprint density at radius 3 is 2.75 bits per heavy atom. The van der Waals surface area contributed by atoms with Crippen LogP contribution in [0.3, 0.4) is 0 Å². The molecular formula is C15H24F3IN4O. The molecule has 1 fully saturated rings. The molecule has 2 N–H and O–H groups in total. The molecule has 2 atom stereocenters. The summed E-state index contributed by atoms with van der Waals surface area (Å²) in [5.41, 5.74) is 0.866. The van der Waals surface area contributed by atoms with Crippen molar-refractivity contribution in [2.75, 3.05) is 7.05 Å². The van der Waals surface area contributed by atoms with Crippen LogP contribution >= 0.6 is 24.0 Å². The first-order valence-electron chi connectivity index (χ1n) is 7.90. The van der Waals surface area contributed by atoms with E-state index in [1.165, 1.54) is 0 Å². The van der Waals surface area contributed by atoms with Crippen LogP contribution in [0.15, 0.2) is 15.6 Å². The molecule has 1 saturated carbocycles. The van der Waals surface area contributed by atoms with E-state index in [0.29, 0.717) is 24.7 Å². The first kappa shape index (κ1) is 21.0. The number of guanidine groups is 1. The highest BCUT2D eigenvalue weighted by molar-refractivity contribution is 14.0. The van der Waals surface area contributed by atoms with Gasteiger partial charge in [-0.2, -0.15) is 13.2 Å². The number of aliphatic imine (C=N–C) groups is 1. The fourth-order valence-corrected chi connectivity index (χ4v) is 2.78. The van der Waals surface area contributed by atoms with Gasteiger partial charge in [-0.15, -0.1) is 24.0 Å². The SMILES string of the molecule is CCc1cc(CNC(=NC)NC2CCCC(C(F)(F)F)C2)on1.I. The van der Waals surface area contributed by atoms with E-state index in [0.717, 1.165) is 18.5 Å². The van der Waals surface area contributed by atoms with Gasteiger partial charge < -0.3 is 15.2 Å². The van der Waals surface area contributed by atoms with Crippen molar-refractivity contribution in [1.29, 1.82) is 0 Å². The summed E-state index contributed by atoms with van der Waals surface area (Å²) in [5, 5.41) is 10.0. The van der Waals surface area contributed by atoms with Crippen LogP contribution in [0.1, 0.15) is 44.1 Å². The second-order valence-electron chi connectivity index (χ2n) is 5.81. The lowest BCUT2D eigenvalue weighted by Gasteiger charge is -2.31. The number of aromatic nitrogens is 1. The Morgan fingerprint density at radius 2 is 2.17 bits per heavy atom. The molecule has 1 aliphatic carbocycles. The summed E-state index contributed by atoms with van der Waals surface area (Å²) in [4.78, 5) is 4.06. The molecule has 2 rings (SSSR count). The van der Waals surface area contributed by atoms with Gasteiger partial charge in [0, 0.05) is 19.2 Å². The molecule has 0 spiro atoms. The van der Waals surface area contributed by atoms with Gasteiger partial charge in [0.2, 0.25) is 0 Å². The summed E-state index contributed by atoms with van der Waals surface area (Å²) in [6.45, 7) is 2.37. The van der Waals surface area contributed by atoms with E-state index in [1.54, 1.807) is 7.05 Å². The van der Waals surface area contributed by atoms with Crippen molar-refractivity contribution in [3.05, 3.63) is 17.5 Å². The van der Waals surface area contributed by atoms with Gasteiger partial charge in [-0.1, -0.05) is 18.5 Å². The first-order chi connectivity index (χ1) is 10.9. The van der Waals surface area contributed by atoms with Crippen molar-refractivity contribution in [2.24, 2.45) is 10.9 Å². The zero-order valence-electron chi connectivity index (χ0n) is 13.8. The van der Waals surface area contributed by atoms with Crippen LogP contribution in [0.4, 0.5) is 13.2 Å². The topological polar surface area (TPSA) is 62.5 Å². The molecule has 1 aliphatic rings. The van der Waals surface area contributed by atoms with Gasteiger partial charge in [0.15, 0.2) is 11.7 Å². The molecule has 0 saturated heterocycles. The fraction of sp³-hybridized carbons (Fsp3) is 0.733. The minimum Gasteiger partial charge on any atom is -0.359 e. The third-order valence-electron chi connectivity index (χ3n) is 4.10. The number of nitrogens with one attached hydrogen (secondary N) is 2. The maximum Gasteiger partial charge on any atom is 0.391 e. The van der Waals surface area contributed by atoms with E-state index in [9.17, 15) is 13.2 Å². The number of nitrogens with zero attached hydrogens (tertiary/aromatic N) is 2. The van der Waals surface area contributed by atoms with Crippen LogP contribution in [-0.4, -0.2) is 30.4 Å². The highest BCUT2D eigenvalue weighted by atomic mass is 127. The van der Waals surface area contributed by atoms with Crippen LogP contribution in [0.2, 0.25) is 0 Å². The molecule has 0 radical (unpaired) electrons. The molecule has 0 aliphatic heterocycles. The number of aryl methyl sites for hydroxylation is 1. The van der Waals surface area contributed by atoms with Crippen molar-refractivity contribution in [3.63, 3.8) is 0 Å². The lowest BCUT2D eigenvalue weighted by molar-refractivity contribution is -0.183. The third kappa shape index (κ3) is 6.14. The lowest BCUT2D eigenvalue weighted by Crippen LogP contribution is -2.46. The highest BCUT2D eigenvalue weighted by Crippen LogP contribution is 2.37. The molecule has 0 amide bonds. The molecule has 1 aromatic heterocycles. The minimum absolute atomic E-state index is 0. The normalized spacial score (nSPS) is 22.0. The van der Waals surface area contributed by atoms with E-state index in [4.69, 9.17) is 4.52 Å². The monoisotopic (exact) mass is 460 g/mol. The van der Waals surface area contributed by atoms with Gasteiger partial charge >= 0.3 is 6.18 Å². The summed E-state index contributed by atoms with van der Waals surface area (Å²) in [6.07, 6.45) is -1.74. The second-order valence-corrected chi connectivity index (χ2v) is 5.81. The highest BCUT2D eigenvalue weighted by Gasteiger charge is 2.42. The molecule has 5 nitrogen and oxygen atoms in total. The largest absolute Gasteiger partial charge is 0.391 e. The molecule has 0 bridgehead atoms. The smallest absolute Gasteiger partial charge is 0.359 e. The Morgan fingerprint density at radius 1 is 1.42 bits per heavy atom. The summed E-state index contributed by atoms with van der Waals surface area (Å²) in [7, 11) is 1.59. The number of rotatable bonds is 4. The number of alkyl halides is 3. The Labute approximate surface area is 156 Å². The Balaban J connectivity index is 0.00000288. The summed E-state index contributed by atoms with van der Waals surface area (Å²) in [6, 6.07) is 1.63. The van der Waals surface area contributed by atoms with E-state index in [2.05, 4.69) is 20.8 Å². The first-order valence-corrected chi connectivity index (χ1v) is 7.90. The zero-order chi connectivity index (χ0) is 16.9. The van der Waals surface area contributed by atoms with Crippen LogP contribution in [0.5, 0.6) is 0 Å². The Bertz CT molecular complexity index is 533. The Hall–Kier alpha value is -1.00. The lowest BCUT2D eigenvalue weighted by atomic mass is 9.85. The standard InChI is InChI=1S/C15H23F3N4O.HI/c1-3-11-8-13(23-22-11)9-20-14(19-2)21-12-6-4-5-10(7-12)15(16,17)18;/h8,10,12H,3-7,9H2,1-2H3,(H2,19,20,21);1H. The van der Waals surface area contributed by atoms with E-state index in [-0.39, 0.29) is 42.9 Å². The van der Waals surface area contributed by atoms with Crippen LogP contribution in [0, 0.1) is 5.92 Å². The van der Waals surface area contributed by atoms with Crippen molar-refractivity contribution in [3.8, 4) is 0 Å². The van der Waals surface area contributed by atoms with Gasteiger partial charge in [-0.25, -0.2) is 0 Å². The fourth-order valence-electron chi connectivity index (χ4n) is 2.78. The van der Waals surface area contributed by atoms with Crippen molar-refractivity contribution in [2.45, 2.75) is 57.8 Å². The summed E-state index contributed by atoms with van der Waals surface area (Å²) < 4.78 is 43.7. The molecule has 138 valence electrons. The number of hydrogen-bond donors (Lipinski definition) is 2. The van der Waals surface area contributed by atoms with Crippen molar-refractivity contribution in [1.82, 2.24) is 15.8 Å². The van der Waals surface area contributed by atoms with E-state index < -0.39 is 12.1 Å². The van der Waals surface area contributed by atoms with E-state index in [1.807, 2.05) is 13.0 Å². The van der Waals surface area contributed by atoms with Crippen LogP contribution < -0.4 is 10.6 Å². The zero-order valence-corrected chi connectivity index (χ0v) is 16.1. The van der Waals surface area contributed by atoms with Gasteiger partial charge in [-0.05, 0) is 25.7 Å². The van der Waals surface area contributed by atoms with E-state index >= 15 is 0 Å². The second kappa shape index (κ2) is 9.47. The molecule has 1 heterocycles. The number of hydrogen-bond acceptors (Lipinski definition) is 3. The summed E-state index contributed by atoms with van der Waals surface area (Å²) in [5.74, 6) is -0.0814. The third-order valence-corrected chi connectivity index (χ3v) is 4.10. The predicted molar refractivity (Wildman–Crippen MR) is 96.4 cm³/mol. The van der Waals surface area contributed by atoms with Crippen LogP contribution in [-0.2, 0) is 13.0 Å². The number of halogens is 4. The predicted octanol–water partition coefficient (Wildman–Crippen LogP) is 3.64. The molecule has 9 heteroatoms. The molecule has 24 heavy (non-hydrogen) atoms. The average molecular weight is 460 g/mol. The molecular weight excluding hydrogens is 436 g/mol. The van der Waals surface area contributed by atoms with Crippen molar-refractivity contribution < 1.29 is 17.7 Å². The summed E-state index contributed by atoms with van der Waals surface area (Å²) >= 11 is 0. The maximum absolute atomic E-state index is 12.8. The molecule has 1 aromatic rings. The molecule has 2 unspecified atom stereocenters. The van der Waals surface area contributed by atoms with Gasteiger partial charge in [0.05, 0.1) is 18.2 Å². The average Bonchev–Trinajstić information content (AvgIpc) is 2.99. The van der Waals surface area contributed by atoms with Crippen LogP contribution in [0.25, 0.3) is 0 Å².